The van der Waals surface area contributed by atoms with Gasteiger partial charge in [0, 0.05) is 4.88 Å². The molecule has 0 aliphatic heterocycles. The summed E-state index contributed by atoms with van der Waals surface area (Å²) in [5.41, 5.74) is 4.12. The summed E-state index contributed by atoms with van der Waals surface area (Å²) in [6.07, 6.45) is 1.70. The fraction of sp³-hybridized carbons (Fsp3) is 0.136. The van der Waals surface area contributed by atoms with Crippen molar-refractivity contribution in [2.75, 3.05) is 0 Å². The Hall–Kier alpha value is -3.05. The fourth-order valence-corrected chi connectivity index (χ4v) is 4.10. The van der Waals surface area contributed by atoms with Crippen LogP contribution in [0, 0.1) is 20.8 Å². The largest absolute Gasteiger partial charge is 0.283 e. The Bertz CT molecular complexity index is 1200. The number of aryl methyl sites for hydroxylation is 3. The minimum absolute atomic E-state index is 0.114. The minimum Gasteiger partial charge on any atom is -0.267 e. The molecule has 0 aliphatic carbocycles. The molecule has 27 heavy (non-hydrogen) atoms. The average Bonchev–Trinajstić information content (AvgIpc) is 2.96. The Labute approximate surface area is 161 Å². The molecule has 4 rings (SSSR count). The third-order valence-corrected chi connectivity index (χ3v) is 5.78. The topological polar surface area (TPSA) is 47.2 Å². The van der Waals surface area contributed by atoms with E-state index in [0.717, 1.165) is 26.4 Å². The van der Waals surface area contributed by atoms with Gasteiger partial charge in [0.1, 0.15) is 10.7 Å². The van der Waals surface area contributed by atoms with Crippen LogP contribution < -0.4 is 5.56 Å². The van der Waals surface area contributed by atoms with Crippen LogP contribution in [0.1, 0.15) is 21.8 Å². The lowest BCUT2D eigenvalue weighted by Crippen LogP contribution is -2.20. The van der Waals surface area contributed by atoms with E-state index in [1.165, 1.54) is 10.2 Å². The number of benzene rings is 2. The number of fused-ring (bicyclic) bond motifs is 1. The second-order valence-electron chi connectivity index (χ2n) is 6.47. The van der Waals surface area contributed by atoms with Crippen molar-refractivity contribution in [3.05, 3.63) is 86.8 Å². The second kappa shape index (κ2) is 6.93. The lowest BCUT2D eigenvalue weighted by molar-refractivity contribution is 0.772. The van der Waals surface area contributed by atoms with E-state index in [2.05, 4.69) is 34.4 Å². The van der Waals surface area contributed by atoms with Gasteiger partial charge in [-0.2, -0.15) is 9.78 Å². The number of hydrogen-bond acceptors (Lipinski definition) is 4. The molecule has 0 N–H and O–H groups in total. The van der Waals surface area contributed by atoms with Gasteiger partial charge in [0.05, 0.1) is 11.6 Å². The van der Waals surface area contributed by atoms with E-state index in [1.54, 1.807) is 24.5 Å². The van der Waals surface area contributed by atoms with Gasteiger partial charge in [-0.3, -0.25) is 4.79 Å². The molecule has 134 valence electrons. The van der Waals surface area contributed by atoms with E-state index in [0.29, 0.717) is 11.2 Å². The van der Waals surface area contributed by atoms with Crippen LogP contribution in [0.15, 0.2) is 64.5 Å². The summed E-state index contributed by atoms with van der Waals surface area (Å²) < 4.78 is 1.38. The third kappa shape index (κ3) is 3.22. The molecule has 2 aromatic heterocycles. The van der Waals surface area contributed by atoms with Gasteiger partial charge in [-0.25, -0.2) is 4.98 Å². The molecular weight excluding hydrogens is 354 g/mol. The van der Waals surface area contributed by atoms with Gasteiger partial charge in [-0.05, 0) is 43.0 Å². The SMILES string of the molecule is Cc1sc2nc(C)n(/N=C\c3ccc(-c4ccccc4)cc3)c(=O)c2c1C. The van der Waals surface area contributed by atoms with Crippen LogP contribution >= 0.6 is 11.3 Å². The van der Waals surface area contributed by atoms with Crippen molar-refractivity contribution in [3.63, 3.8) is 0 Å². The van der Waals surface area contributed by atoms with Crippen molar-refractivity contribution >= 4 is 27.8 Å². The van der Waals surface area contributed by atoms with Crippen LogP contribution in [0.25, 0.3) is 21.3 Å². The smallest absolute Gasteiger partial charge is 0.267 e. The number of thiophene rings is 1. The maximum Gasteiger partial charge on any atom is 0.283 e. The van der Waals surface area contributed by atoms with E-state index in [-0.39, 0.29) is 5.56 Å². The number of nitrogens with zero attached hydrogens (tertiary/aromatic N) is 3. The third-order valence-electron chi connectivity index (χ3n) is 4.68. The van der Waals surface area contributed by atoms with Crippen molar-refractivity contribution in [2.45, 2.75) is 20.8 Å². The van der Waals surface area contributed by atoms with Gasteiger partial charge >= 0.3 is 0 Å². The first kappa shape index (κ1) is 17.4. The molecule has 0 atom stereocenters. The molecule has 0 aliphatic rings. The summed E-state index contributed by atoms with van der Waals surface area (Å²) in [6, 6.07) is 18.3. The van der Waals surface area contributed by atoms with E-state index >= 15 is 0 Å². The highest BCUT2D eigenvalue weighted by molar-refractivity contribution is 7.18. The van der Waals surface area contributed by atoms with Gasteiger partial charge in [0.15, 0.2) is 0 Å². The Morgan fingerprint density at radius 2 is 1.63 bits per heavy atom. The Kier molecular flexibility index (Phi) is 4.46. The first-order chi connectivity index (χ1) is 13.0. The molecule has 0 amide bonds. The molecule has 4 nitrogen and oxygen atoms in total. The van der Waals surface area contributed by atoms with Crippen molar-refractivity contribution in [1.82, 2.24) is 9.66 Å². The van der Waals surface area contributed by atoms with Crippen molar-refractivity contribution < 1.29 is 0 Å². The van der Waals surface area contributed by atoms with E-state index in [4.69, 9.17) is 0 Å². The zero-order valence-electron chi connectivity index (χ0n) is 15.4. The molecule has 0 spiro atoms. The molecule has 4 aromatic rings. The molecule has 0 fully saturated rings. The quantitative estimate of drug-likeness (QED) is 0.478. The van der Waals surface area contributed by atoms with Crippen molar-refractivity contribution in [2.24, 2.45) is 5.10 Å². The summed E-state index contributed by atoms with van der Waals surface area (Å²) in [7, 11) is 0. The van der Waals surface area contributed by atoms with Gasteiger partial charge < -0.3 is 0 Å². The van der Waals surface area contributed by atoms with E-state index < -0.39 is 0 Å². The van der Waals surface area contributed by atoms with Gasteiger partial charge in [-0.15, -0.1) is 11.3 Å². The zero-order valence-corrected chi connectivity index (χ0v) is 16.2. The zero-order chi connectivity index (χ0) is 19.0. The normalized spacial score (nSPS) is 11.5. The van der Waals surface area contributed by atoms with Crippen molar-refractivity contribution in [1.29, 1.82) is 0 Å². The predicted octanol–water partition coefficient (Wildman–Crippen LogP) is 4.93. The highest BCUT2D eigenvalue weighted by atomic mass is 32.1. The first-order valence-electron chi connectivity index (χ1n) is 8.74. The summed E-state index contributed by atoms with van der Waals surface area (Å²) >= 11 is 1.55. The van der Waals surface area contributed by atoms with Crippen LogP contribution in [-0.2, 0) is 0 Å². The van der Waals surface area contributed by atoms with Gasteiger partial charge in [-0.1, -0.05) is 54.6 Å². The first-order valence-corrected chi connectivity index (χ1v) is 9.55. The average molecular weight is 373 g/mol. The highest BCUT2D eigenvalue weighted by Crippen LogP contribution is 2.26. The highest BCUT2D eigenvalue weighted by Gasteiger charge is 2.14. The molecule has 0 saturated carbocycles. The summed E-state index contributed by atoms with van der Waals surface area (Å²) in [5.74, 6) is 0.589. The maximum atomic E-state index is 12.9. The summed E-state index contributed by atoms with van der Waals surface area (Å²) in [5, 5.41) is 5.07. The molecule has 2 aromatic carbocycles. The molecular formula is C22H19N3OS. The number of aromatic nitrogens is 2. The molecule has 0 saturated heterocycles. The molecule has 0 radical (unpaired) electrons. The molecule has 2 heterocycles. The van der Waals surface area contributed by atoms with E-state index in [1.807, 2.05) is 44.2 Å². The van der Waals surface area contributed by atoms with Crippen LogP contribution in [0.4, 0.5) is 0 Å². The minimum atomic E-state index is -0.114. The summed E-state index contributed by atoms with van der Waals surface area (Å²) in [6.45, 7) is 5.78. The lowest BCUT2D eigenvalue weighted by Gasteiger charge is -2.04. The molecule has 5 heteroatoms. The molecule has 0 unspecified atom stereocenters. The standard InChI is InChI=1S/C22H19N3OS/c1-14-15(2)27-21-20(14)22(26)25(16(3)24-21)23-13-17-9-11-19(12-10-17)18-7-5-4-6-8-18/h4-13H,1-3H3/b23-13-. The van der Waals surface area contributed by atoms with Crippen LogP contribution in [-0.4, -0.2) is 15.9 Å². The Morgan fingerprint density at radius 1 is 0.963 bits per heavy atom. The number of rotatable bonds is 3. The lowest BCUT2D eigenvalue weighted by atomic mass is 10.0. The van der Waals surface area contributed by atoms with Crippen LogP contribution in [0.3, 0.4) is 0 Å². The van der Waals surface area contributed by atoms with Crippen molar-refractivity contribution in [3.8, 4) is 11.1 Å². The summed E-state index contributed by atoms with van der Waals surface area (Å²) in [4.78, 5) is 19.3. The van der Waals surface area contributed by atoms with Crippen LogP contribution in [0.2, 0.25) is 0 Å². The van der Waals surface area contributed by atoms with Crippen LogP contribution in [0.5, 0.6) is 0 Å². The Balaban J connectivity index is 1.69. The van der Waals surface area contributed by atoms with Gasteiger partial charge in [0.2, 0.25) is 0 Å². The fourth-order valence-electron chi connectivity index (χ4n) is 3.04. The Morgan fingerprint density at radius 3 is 2.33 bits per heavy atom. The second-order valence-corrected chi connectivity index (χ2v) is 7.68. The van der Waals surface area contributed by atoms with Gasteiger partial charge in [0.25, 0.3) is 5.56 Å². The maximum absolute atomic E-state index is 12.9. The van der Waals surface area contributed by atoms with E-state index in [9.17, 15) is 4.79 Å². The molecule has 0 bridgehead atoms. The predicted molar refractivity (Wildman–Crippen MR) is 113 cm³/mol. The monoisotopic (exact) mass is 373 g/mol. The number of hydrogen-bond donors (Lipinski definition) is 0.